The molecule has 134 valence electrons. The van der Waals surface area contributed by atoms with Gasteiger partial charge in [0.2, 0.25) is 5.78 Å². The highest BCUT2D eigenvalue weighted by molar-refractivity contribution is 9.09. The lowest BCUT2D eigenvalue weighted by molar-refractivity contribution is -0.120. The number of phenols is 2. The molecule has 0 heterocycles. The van der Waals surface area contributed by atoms with Gasteiger partial charge in [-0.2, -0.15) is 0 Å². The SMILES string of the molecule is CC(=O)C(CCBr)Cc1cc(O)c2c(c1)C(=O)c1cccc(O)c1C2=O. The molecule has 26 heavy (non-hydrogen) atoms. The van der Waals surface area contributed by atoms with Crippen molar-refractivity contribution in [3.8, 4) is 11.5 Å². The molecular formula is C20H17BrO5. The fraction of sp³-hybridized carbons (Fsp3) is 0.250. The van der Waals surface area contributed by atoms with Crippen LogP contribution in [0.1, 0.15) is 50.8 Å². The summed E-state index contributed by atoms with van der Waals surface area (Å²) in [6.45, 7) is 1.51. The molecule has 0 bridgehead atoms. The van der Waals surface area contributed by atoms with Gasteiger partial charge < -0.3 is 10.2 Å². The maximum absolute atomic E-state index is 12.8. The zero-order valence-corrected chi connectivity index (χ0v) is 15.7. The van der Waals surface area contributed by atoms with E-state index < -0.39 is 11.6 Å². The fourth-order valence-electron chi connectivity index (χ4n) is 3.32. The molecule has 0 radical (unpaired) electrons. The molecule has 2 aromatic rings. The molecule has 3 rings (SSSR count). The largest absolute Gasteiger partial charge is 0.507 e. The Balaban J connectivity index is 2.09. The van der Waals surface area contributed by atoms with Gasteiger partial charge in [0, 0.05) is 22.4 Å². The lowest BCUT2D eigenvalue weighted by Crippen LogP contribution is -2.22. The lowest BCUT2D eigenvalue weighted by atomic mass is 9.81. The maximum Gasteiger partial charge on any atom is 0.201 e. The van der Waals surface area contributed by atoms with Gasteiger partial charge in [0.25, 0.3) is 0 Å². The second-order valence-corrected chi connectivity index (χ2v) is 7.18. The first-order chi connectivity index (χ1) is 12.3. The molecule has 0 spiro atoms. The van der Waals surface area contributed by atoms with Crippen LogP contribution in [0.15, 0.2) is 30.3 Å². The van der Waals surface area contributed by atoms with Crippen molar-refractivity contribution in [2.75, 3.05) is 5.33 Å². The molecule has 6 heteroatoms. The number of fused-ring (bicyclic) bond motifs is 2. The number of carbonyl (C=O) groups excluding carboxylic acids is 3. The number of benzene rings is 2. The van der Waals surface area contributed by atoms with E-state index in [0.717, 1.165) is 0 Å². The highest BCUT2D eigenvalue weighted by Gasteiger charge is 2.34. The molecule has 0 saturated carbocycles. The van der Waals surface area contributed by atoms with Gasteiger partial charge in [-0.3, -0.25) is 14.4 Å². The smallest absolute Gasteiger partial charge is 0.201 e. The van der Waals surface area contributed by atoms with Crippen LogP contribution in [0.5, 0.6) is 11.5 Å². The van der Waals surface area contributed by atoms with E-state index in [9.17, 15) is 24.6 Å². The van der Waals surface area contributed by atoms with E-state index in [2.05, 4.69) is 15.9 Å². The van der Waals surface area contributed by atoms with Crippen LogP contribution in [0.2, 0.25) is 0 Å². The van der Waals surface area contributed by atoms with E-state index in [1.165, 1.54) is 31.2 Å². The highest BCUT2D eigenvalue weighted by atomic mass is 79.9. The second kappa shape index (κ2) is 7.03. The van der Waals surface area contributed by atoms with Gasteiger partial charge in [-0.25, -0.2) is 0 Å². The maximum atomic E-state index is 12.8. The Bertz CT molecular complexity index is 932. The van der Waals surface area contributed by atoms with E-state index in [-0.39, 0.29) is 45.5 Å². The summed E-state index contributed by atoms with van der Waals surface area (Å²) in [7, 11) is 0. The fourth-order valence-corrected chi connectivity index (χ4v) is 3.88. The molecule has 2 N–H and O–H groups in total. The number of phenolic OH excluding ortho intramolecular Hbond substituents is 2. The Morgan fingerprint density at radius 3 is 2.38 bits per heavy atom. The number of aromatic hydroxyl groups is 2. The normalized spacial score (nSPS) is 13.9. The molecule has 0 fully saturated rings. The third-order valence-corrected chi connectivity index (χ3v) is 5.14. The van der Waals surface area contributed by atoms with Crippen molar-refractivity contribution < 1.29 is 24.6 Å². The molecule has 0 saturated heterocycles. The number of hydrogen-bond acceptors (Lipinski definition) is 5. The average molecular weight is 417 g/mol. The van der Waals surface area contributed by atoms with Gasteiger partial charge in [-0.15, -0.1) is 0 Å². The molecule has 1 aliphatic rings. The number of halogens is 1. The third-order valence-electron chi connectivity index (χ3n) is 4.68. The van der Waals surface area contributed by atoms with Crippen LogP contribution in [-0.2, 0) is 11.2 Å². The number of Topliss-reactive ketones (excluding diaryl/α,β-unsaturated/α-hetero) is 1. The van der Waals surface area contributed by atoms with Crippen molar-refractivity contribution in [2.24, 2.45) is 5.92 Å². The molecule has 2 aromatic carbocycles. The zero-order chi connectivity index (χ0) is 19.0. The van der Waals surface area contributed by atoms with Crippen LogP contribution >= 0.6 is 15.9 Å². The van der Waals surface area contributed by atoms with Gasteiger partial charge in [0.15, 0.2) is 5.78 Å². The second-order valence-electron chi connectivity index (χ2n) is 6.38. The molecule has 0 aromatic heterocycles. The minimum absolute atomic E-state index is 0.0272. The van der Waals surface area contributed by atoms with Crippen molar-refractivity contribution in [2.45, 2.75) is 19.8 Å². The minimum atomic E-state index is -0.583. The summed E-state index contributed by atoms with van der Waals surface area (Å²) in [5.41, 5.74) is 0.639. The Morgan fingerprint density at radius 1 is 1.04 bits per heavy atom. The van der Waals surface area contributed by atoms with Crippen LogP contribution in [0.4, 0.5) is 0 Å². The summed E-state index contributed by atoms with van der Waals surface area (Å²) in [4.78, 5) is 37.3. The zero-order valence-electron chi connectivity index (χ0n) is 14.1. The first-order valence-corrected chi connectivity index (χ1v) is 9.31. The molecule has 1 aliphatic carbocycles. The molecule has 0 aliphatic heterocycles. The van der Waals surface area contributed by atoms with Crippen molar-refractivity contribution in [3.05, 3.63) is 58.1 Å². The molecular weight excluding hydrogens is 400 g/mol. The first-order valence-electron chi connectivity index (χ1n) is 8.18. The quantitative estimate of drug-likeness (QED) is 0.621. The van der Waals surface area contributed by atoms with Crippen LogP contribution in [0.25, 0.3) is 0 Å². The van der Waals surface area contributed by atoms with E-state index in [1.807, 2.05) is 0 Å². The Hall–Kier alpha value is -2.47. The number of carbonyl (C=O) groups is 3. The minimum Gasteiger partial charge on any atom is -0.507 e. The summed E-state index contributed by atoms with van der Waals surface area (Å²) < 4.78 is 0. The highest BCUT2D eigenvalue weighted by Crippen LogP contribution is 2.37. The average Bonchev–Trinajstić information content (AvgIpc) is 2.58. The number of rotatable bonds is 5. The first kappa shape index (κ1) is 18.3. The molecule has 1 atom stereocenters. The van der Waals surface area contributed by atoms with E-state index in [1.54, 1.807) is 6.07 Å². The topological polar surface area (TPSA) is 91.7 Å². The van der Waals surface area contributed by atoms with Crippen molar-refractivity contribution in [1.29, 1.82) is 0 Å². The van der Waals surface area contributed by atoms with Crippen molar-refractivity contribution in [3.63, 3.8) is 0 Å². The van der Waals surface area contributed by atoms with Gasteiger partial charge >= 0.3 is 0 Å². The Morgan fingerprint density at radius 2 is 1.73 bits per heavy atom. The van der Waals surface area contributed by atoms with E-state index >= 15 is 0 Å². The van der Waals surface area contributed by atoms with Crippen LogP contribution < -0.4 is 0 Å². The van der Waals surface area contributed by atoms with Crippen molar-refractivity contribution in [1.82, 2.24) is 0 Å². The third kappa shape index (κ3) is 3.05. The van der Waals surface area contributed by atoms with Crippen LogP contribution in [0.3, 0.4) is 0 Å². The van der Waals surface area contributed by atoms with E-state index in [4.69, 9.17) is 0 Å². The lowest BCUT2D eigenvalue weighted by Gasteiger charge is -2.21. The summed E-state index contributed by atoms with van der Waals surface area (Å²) >= 11 is 3.32. The van der Waals surface area contributed by atoms with Crippen LogP contribution in [0, 0.1) is 5.92 Å². The summed E-state index contributed by atoms with van der Waals surface area (Å²) in [5.74, 6) is -1.82. The Labute approximate surface area is 158 Å². The number of ketones is 3. The monoisotopic (exact) mass is 416 g/mol. The Kier molecular flexibility index (Phi) is 4.96. The molecule has 1 unspecified atom stereocenters. The molecule has 0 amide bonds. The van der Waals surface area contributed by atoms with Gasteiger partial charge in [0.05, 0.1) is 11.1 Å². The summed E-state index contributed by atoms with van der Waals surface area (Å²) in [6, 6.07) is 7.28. The van der Waals surface area contributed by atoms with Crippen molar-refractivity contribution >= 4 is 33.3 Å². The summed E-state index contributed by atoms with van der Waals surface area (Å²) in [6.07, 6.45) is 1.01. The summed E-state index contributed by atoms with van der Waals surface area (Å²) in [5, 5.41) is 21.0. The molecule has 5 nitrogen and oxygen atoms in total. The van der Waals surface area contributed by atoms with Gasteiger partial charge in [-0.1, -0.05) is 28.1 Å². The van der Waals surface area contributed by atoms with Crippen LogP contribution in [-0.4, -0.2) is 32.9 Å². The van der Waals surface area contributed by atoms with Gasteiger partial charge in [-0.05, 0) is 43.5 Å². The predicted molar refractivity (Wildman–Crippen MR) is 99.4 cm³/mol. The van der Waals surface area contributed by atoms with Gasteiger partial charge in [0.1, 0.15) is 17.3 Å². The number of alkyl halides is 1. The predicted octanol–water partition coefficient (Wildman–Crippen LogP) is 3.41. The number of hydrogen-bond donors (Lipinski definition) is 2. The standard InChI is InChI=1S/C20H17BrO5/c1-10(22)12(5-6-21)7-11-8-14-18(16(24)9-11)20(26)17-13(19(14)25)3-2-4-15(17)23/h2-4,8-9,12,23-24H,5-7H2,1H3. The van der Waals surface area contributed by atoms with E-state index in [0.29, 0.717) is 23.7 Å².